The smallest absolute Gasteiger partial charge is 0.331 e. The van der Waals surface area contributed by atoms with Gasteiger partial charge >= 0.3 is 11.9 Å². The number of carboxylic acids is 1. The number of hydrogen-bond donors (Lipinski definition) is 11. The summed E-state index contributed by atoms with van der Waals surface area (Å²) in [6, 6.07) is -6.57. The molecule has 0 saturated carbocycles. The molecule has 0 radical (unpaired) electrons. The second-order valence-corrected chi connectivity index (χ2v) is 10.1. The van der Waals surface area contributed by atoms with E-state index in [0.29, 0.717) is 4.90 Å². The fourth-order valence-electron chi connectivity index (χ4n) is 4.74. The number of carboxylic acid groups (broad SMARTS) is 1. The van der Waals surface area contributed by atoms with Crippen LogP contribution in [-0.2, 0) is 33.4 Å². The number of esters is 1. The maximum absolute atomic E-state index is 13.2. The van der Waals surface area contributed by atoms with Gasteiger partial charge in [-0.05, 0) is 6.92 Å². The maximum atomic E-state index is 13.2. The number of ether oxygens (including phenoxy) is 3. The van der Waals surface area contributed by atoms with Crippen molar-refractivity contribution in [3.05, 3.63) is 0 Å². The lowest BCUT2D eigenvalue weighted by Gasteiger charge is -2.47. The van der Waals surface area contributed by atoms with Gasteiger partial charge in [-0.15, -0.1) is 0 Å². The summed E-state index contributed by atoms with van der Waals surface area (Å²) >= 11 is 0. The molecule has 2 heterocycles. The molecule has 0 aromatic heterocycles. The van der Waals surface area contributed by atoms with E-state index in [-0.39, 0.29) is 0 Å². The van der Waals surface area contributed by atoms with Crippen LogP contribution in [0.4, 0.5) is 0 Å². The third-order valence-electron chi connectivity index (χ3n) is 6.94. The molecule has 42 heavy (non-hydrogen) atoms. The second-order valence-electron chi connectivity index (χ2n) is 10.1. The van der Waals surface area contributed by atoms with Crippen LogP contribution >= 0.6 is 0 Å². The van der Waals surface area contributed by atoms with Crippen LogP contribution in [0.25, 0.3) is 0 Å². The molecule has 0 spiro atoms. The largest absolute Gasteiger partial charge is 0.480 e. The molecule has 242 valence electrons. The van der Waals surface area contributed by atoms with Crippen LogP contribution in [0.2, 0.25) is 0 Å². The highest BCUT2D eigenvalue weighted by molar-refractivity contribution is 5.84. The summed E-state index contributed by atoms with van der Waals surface area (Å²) in [5.74, 6) is -4.51. The number of carbonyl (C=O) groups is 4. The number of aliphatic hydroxyl groups is 7. The Labute approximate surface area is 239 Å². The fraction of sp³-hybridized carbons (Fsp3) is 0.826. The first-order chi connectivity index (χ1) is 19.6. The number of carbonyl (C=O) groups excluding carboxylic acids is 3. The molecular formula is C23H40N4O15. The Morgan fingerprint density at radius 1 is 0.952 bits per heavy atom. The van der Waals surface area contributed by atoms with Crippen molar-refractivity contribution in [2.45, 2.75) is 100 Å². The lowest BCUT2D eigenvalue weighted by atomic mass is 9.95. The van der Waals surface area contributed by atoms with Crippen LogP contribution in [0.3, 0.4) is 0 Å². The number of nitrogens with two attached hydrogens (primary N) is 1. The topological polar surface area (TPSA) is 311 Å². The van der Waals surface area contributed by atoms with Crippen molar-refractivity contribution in [2.75, 3.05) is 19.8 Å². The second kappa shape index (κ2) is 15.3. The van der Waals surface area contributed by atoms with Crippen molar-refractivity contribution < 1.29 is 74.2 Å². The van der Waals surface area contributed by atoms with Crippen LogP contribution in [0.5, 0.6) is 0 Å². The van der Waals surface area contributed by atoms with Gasteiger partial charge in [-0.1, -0.05) is 0 Å². The highest BCUT2D eigenvalue weighted by Gasteiger charge is 2.50. The fourth-order valence-corrected chi connectivity index (χ4v) is 4.74. The summed E-state index contributed by atoms with van der Waals surface area (Å²) in [6.45, 7) is 0.636. The Bertz CT molecular complexity index is 955. The van der Waals surface area contributed by atoms with Gasteiger partial charge in [0, 0.05) is 13.8 Å². The molecule has 2 unspecified atom stereocenters. The summed E-state index contributed by atoms with van der Waals surface area (Å²) < 4.78 is 16.0. The monoisotopic (exact) mass is 612 g/mol. The lowest BCUT2D eigenvalue weighted by Crippen LogP contribution is -2.70. The van der Waals surface area contributed by atoms with Gasteiger partial charge in [-0.2, -0.15) is 0 Å². The number of aliphatic carboxylic acids is 1. The van der Waals surface area contributed by atoms with Crippen LogP contribution < -0.4 is 16.4 Å². The number of rotatable bonds is 12. The van der Waals surface area contributed by atoms with Crippen molar-refractivity contribution in [3.8, 4) is 0 Å². The Hall–Kier alpha value is -2.56. The average molecular weight is 613 g/mol. The number of nitrogens with one attached hydrogen (secondary N) is 2. The van der Waals surface area contributed by atoms with E-state index in [2.05, 4.69) is 10.6 Å². The molecule has 0 aromatic carbocycles. The van der Waals surface area contributed by atoms with Crippen LogP contribution in [-0.4, -0.2) is 169 Å². The lowest BCUT2D eigenvalue weighted by molar-refractivity contribution is -0.236. The van der Waals surface area contributed by atoms with Crippen LogP contribution in [0.1, 0.15) is 20.8 Å². The first-order valence-electron chi connectivity index (χ1n) is 13.0. The van der Waals surface area contributed by atoms with E-state index < -0.39 is 123 Å². The number of aliphatic hydroxyl groups excluding tert-OH is 7. The van der Waals surface area contributed by atoms with Crippen molar-refractivity contribution in [2.24, 2.45) is 5.73 Å². The third-order valence-corrected chi connectivity index (χ3v) is 6.94. The van der Waals surface area contributed by atoms with Crippen molar-refractivity contribution in [3.63, 3.8) is 0 Å². The van der Waals surface area contributed by atoms with E-state index >= 15 is 0 Å². The summed E-state index contributed by atoms with van der Waals surface area (Å²) in [7, 11) is 0. The van der Waals surface area contributed by atoms with Crippen molar-refractivity contribution in [1.82, 2.24) is 15.5 Å². The molecule has 0 aromatic rings. The molecular weight excluding hydrogens is 572 g/mol. The number of hydrogen-bond acceptors (Lipinski definition) is 16. The van der Waals surface area contributed by atoms with Crippen LogP contribution in [0, 0.1) is 0 Å². The molecule has 2 rings (SSSR count). The van der Waals surface area contributed by atoms with Crippen molar-refractivity contribution >= 4 is 23.8 Å². The summed E-state index contributed by atoms with van der Waals surface area (Å²) in [4.78, 5) is 50.0. The highest BCUT2D eigenvalue weighted by atomic mass is 16.6. The van der Waals surface area contributed by atoms with E-state index in [9.17, 15) is 60.0 Å². The quantitative estimate of drug-likeness (QED) is 0.0912. The van der Waals surface area contributed by atoms with Gasteiger partial charge in [0.05, 0.1) is 31.4 Å². The van der Waals surface area contributed by atoms with Gasteiger partial charge < -0.3 is 66.1 Å². The molecule has 2 aliphatic heterocycles. The molecule has 2 amide bonds. The number of amides is 2. The first-order valence-corrected chi connectivity index (χ1v) is 13.0. The van der Waals surface area contributed by atoms with E-state index in [1.54, 1.807) is 0 Å². The first kappa shape index (κ1) is 35.6. The van der Waals surface area contributed by atoms with Crippen molar-refractivity contribution in [1.29, 1.82) is 0 Å². The minimum absolute atomic E-state index is 0.638. The third kappa shape index (κ3) is 8.08. The minimum Gasteiger partial charge on any atom is -0.480 e. The highest BCUT2D eigenvalue weighted by Crippen LogP contribution is 2.26. The van der Waals surface area contributed by atoms with Gasteiger partial charge in [0.2, 0.25) is 11.8 Å². The van der Waals surface area contributed by atoms with Gasteiger partial charge in [-0.3, -0.25) is 24.6 Å². The SMILES string of the molecule is CC(=O)N[C@H]1C(N[C@@H](COC(=O)[C@H]([C@@H](C)O)N(C(C)=O)C2O[C@H](CO)[C@@H](O)[C@H](O)[C@H]2N)C(=O)O)O[C@H](CO)[C@@H](O)[C@@H]1O. The summed E-state index contributed by atoms with van der Waals surface area (Å²) in [5.41, 5.74) is 5.93. The zero-order valence-corrected chi connectivity index (χ0v) is 23.1. The average Bonchev–Trinajstić information content (AvgIpc) is 2.91. The Morgan fingerprint density at radius 2 is 1.50 bits per heavy atom. The molecule has 12 N–H and O–H groups in total. The van der Waals surface area contributed by atoms with Gasteiger partial charge in [0.1, 0.15) is 55.5 Å². The molecule has 0 aliphatic carbocycles. The van der Waals surface area contributed by atoms with E-state index in [1.807, 2.05) is 0 Å². The number of nitrogens with zero attached hydrogens (tertiary/aromatic N) is 1. The standard InChI is InChI=1S/C23H40N4O15/c1-7(30)15(27(9(3)32)21-13(24)18(35)16(33)12(5-29)42-21)23(39)40-6-10(22(37)38)26-20-14(25-8(2)31)19(36)17(34)11(4-28)41-20/h7,10-21,26,28-30,33-36H,4-6,24H2,1-3H3,(H,25,31)(H,37,38)/t7-,10+,11-,12-,13-,14-,15+,16-,17-,18-,19-,20?,21?/m1/s1. The normalized spacial score (nSPS) is 35.4. The molecule has 2 aliphatic rings. The summed E-state index contributed by atoms with van der Waals surface area (Å²) in [5, 5.41) is 84.8. The molecule has 19 nitrogen and oxygen atoms in total. The molecule has 19 heteroatoms. The predicted octanol–water partition coefficient (Wildman–Crippen LogP) is -7.12. The Kier molecular flexibility index (Phi) is 12.9. The molecule has 0 bridgehead atoms. The van der Waals surface area contributed by atoms with Gasteiger partial charge in [0.25, 0.3) is 0 Å². The van der Waals surface area contributed by atoms with Crippen LogP contribution in [0.15, 0.2) is 0 Å². The zero-order valence-electron chi connectivity index (χ0n) is 23.1. The molecule has 2 fully saturated rings. The summed E-state index contributed by atoms with van der Waals surface area (Å²) in [6.07, 6.45) is -14.3. The molecule has 13 atom stereocenters. The Balaban J connectivity index is 2.27. The predicted molar refractivity (Wildman–Crippen MR) is 135 cm³/mol. The minimum atomic E-state index is -1.87. The Morgan fingerprint density at radius 3 is 1.98 bits per heavy atom. The van der Waals surface area contributed by atoms with E-state index in [4.69, 9.17) is 19.9 Å². The van der Waals surface area contributed by atoms with E-state index in [0.717, 1.165) is 20.8 Å². The molecule has 2 saturated heterocycles. The zero-order chi connectivity index (χ0) is 32.0. The van der Waals surface area contributed by atoms with E-state index in [1.165, 1.54) is 0 Å². The van der Waals surface area contributed by atoms with Gasteiger partial charge in [-0.25, -0.2) is 4.79 Å². The maximum Gasteiger partial charge on any atom is 0.331 e. The van der Waals surface area contributed by atoms with Gasteiger partial charge in [0.15, 0.2) is 12.3 Å².